The van der Waals surface area contributed by atoms with Gasteiger partial charge in [-0.3, -0.25) is 13.9 Å². The van der Waals surface area contributed by atoms with Gasteiger partial charge < -0.3 is 44.6 Å². The van der Waals surface area contributed by atoms with Crippen molar-refractivity contribution in [1.29, 1.82) is 0 Å². The molecule has 0 aliphatic rings. The number of halogens is 2. The van der Waals surface area contributed by atoms with Gasteiger partial charge in [0, 0.05) is 0 Å². The van der Waals surface area contributed by atoms with Crippen LogP contribution in [0.2, 0.25) is 0 Å². The molecule has 290 valence electrons. The van der Waals surface area contributed by atoms with Crippen molar-refractivity contribution in [3.05, 3.63) is 6.33 Å². The SMILES string of the molecule is CCOc1nc(N)nc2c1ncn2[C@@H](COC(=O)C(N)C(C)C)O[C@](F)(COP(=O)(OCOC(=O)OC(C)C)OCOC(=O)OC(C)C)[C@H](C)F. The summed E-state index contributed by atoms with van der Waals surface area (Å²) in [5.41, 5.74) is 11.7. The minimum atomic E-state index is -5.08. The van der Waals surface area contributed by atoms with Gasteiger partial charge in [-0.05, 0) is 47.5 Å². The first-order valence-electron chi connectivity index (χ1n) is 15.6. The second-order valence-corrected chi connectivity index (χ2v) is 13.0. The smallest absolute Gasteiger partial charge is 0.476 e. The van der Waals surface area contributed by atoms with Gasteiger partial charge in [0.2, 0.25) is 25.4 Å². The van der Waals surface area contributed by atoms with Crippen molar-refractivity contribution in [3.8, 4) is 5.88 Å². The standard InChI is InChI=1S/C28H45F2N6O14P/c1-9-41-23-21-22(34-25(32)35-23)36(12-33-21)19(10-42-24(37)20(31)15(2)3)50-28(30,18(8)29)11-45-51(40,46-13-43-26(38)48-16(4)5)47-14-44-27(39)49-17(6)7/h12,15-20H,9-11,13-14,31H2,1-8H3,(H2,32,34,35)/t18-,19+,20?,28+/m0/s1. The molecule has 4 N–H and O–H groups in total. The lowest BCUT2D eigenvalue weighted by Crippen LogP contribution is -2.44. The first kappa shape index (κ1) is 43.2. The Hall–Kier alpha value is -3.95. The summed E-state index contributed by atoms with van der Waals surface area (Å²) in [5.74, 6) is -5.12. The van der Waals surface area contributed by atoms with E-state index in [0.717, 1.165) is 17.8 Å². The molecule has 51 heavy (non-hydrogen) atoms. The molecule has 4 atom stereocenters. The fourth-order valence-electron chi connectivity index (χ4n) is 3.53. The van der Waals surface area contributed by atoms with Gasteiger partial charge in [0.05, 0.1) is 25.1 Å². The fourth-order valence-corrected chi connectivity index (χ4v) is 4.45. The molecule has 0 aliphatic heterocycles. The predicted octanol–water partition coefficient (Wildman–Crippen LogP) is 4.07. The molecule has 23 heteroatoms. The molecular weight excluding hydrogens is 713 g/mol. The Kier molecular flexibility index (Phi) is 16.6. The summed E-state index contributed by atoms with van der Waals surface area (Å²) in [6, 6.07) is -1.09. The zero-order valence-corrected chi connectivity index (χ0v) is 30.3. The van der Waals surface area contributed by atoms with Crippen molar-refractivity contribution in [2.24, 2.45) is 11.7 Å². The normalized spacial score (nSPS) is 14.9. The van der Waals surface area contributed by atoms with E-state index in [9.17, 15) is 18.9 Å². The molecule has 0 aromatic carbocycles. The highest BCUT2D eigenvalue weighted by molar-refractivity contribution is 7.48. The largest absolute Gasteiger partial charge is 0.510 e. The van der Waals surface area contributed by atoms with Gasteiger partial charge >= 0.3 is 26.1 Å². The Morgan fingerprint density at radius 2 is 1.51 bits per heavy atom. The highest BCUT2D eigenvalue weighted by Gasteiger charge is 2.45. The van der Waals surface area contributed by atoms with Crippen molar-refractivity contribution in [1.82, 2.24) is 19.5 Å². The van der Waals surface area contributed by atoms with Crippen LogP contribution in [-0.4, -0.2) is 101 Å². The molecule has 0 amide bonds. The maximum absolute atomic E-state index is 16.5. The first-order valence-corrected chi connectivity index (χ1v) is 17.0. The van der Waals surface area contributed by atoms with Crippen LogP contribution in [0.4, 0.5) is 24.3 Å². The monoisotopic (exact) mass is 758 g/mol. The van der Waals surface area contributed by atoms with Crippen molar-refractivity contribution in [2.45, 2.75) is 91.9 Å². The molecule has 2 rings (SSSR count). The van der Waals surface area contributed by atoms with Gasteiger partial charge in [0.15, 0.2) is 23.6 Å². The number of rotatable bonds is 21. The summed E-state index contributed by atoms with van der Waals surface area (Å²) < 4.78 is 96.0. The third-order valence-electron chi connectivity index (χ3n) is 6.14. The second-order valence-electron chi connectivity index (χ2n) is 11.4. The number of phosphoric ester groups is 1. The molecule has 20 nitrogen and oxygen atoms in total. The number of alkyl halides is 2. The molecule has 2 aromatic heterocycles. The zero-order chi connectivity index (χ0) is 38.5. The van der Waals surface area contributed by atoms with Crippen LogP contribution < -0.4 is 16.2 Å². The quantitative estimate of drug-likeness (QED) is 0.0787. The summed E-state index contributed by atoms with van der Waals surface area (Å²) in [4.78, 5) is 48.4. The predicted molar refractivity (Wildman–Crippen MR) is 170 cm³/mol. The van der Waals surface area contributed by atoms with E-state index in [1.54, 1.807) is 20.8 Å². The van der Waals surface area contributed by atoms with E-state index in [1.165, 1.54) is 27.7 Å². The number of carbonyl (C=O) groups excluding carboxylic acids is 3. The van der Waals surface area contributed by atoms with E-state index in [-0.39, 0.29) is 35.5 Å². The van der Waals surface area contributed by atoms with Gasteiger partial charge in [-0.15, -0.1) is 0 Å². The van der Waals surface area contributed by atoms with Crippen molar-refractivity contribution < 1.29 is 74.5 Å². The summed E-state index contributed by atoms with van der Waals surface area (Å²) >= 11 is 0. The average molecular weight is 759 g/mol. The van der Waals surface area contributed by atoms with E-state index in [0.29, 0.717) is 0 Å². The number of aromatic nitrogens is 4. The number of nitrogens with zero attached hydrogens (tertiary/aromatic N) is 4. The molecule has 0 saturated heterocycles. The summed E-state index contributed by atoms with van der Waals surface area (Å²) in [7, 11) is -5.08. The number of fused-ring (bicyclic) bond motifs is 1. The van der Waals surface area contributed by atoms with Gasteiger partial charge in [-0.2, -0.15) is 9.97 Å². The number of imidazole rings is 1. The van der Waals surface area contributed by atoms with Gasteiger partial charge in [0.25, 0.3) is 5.85 Å². The van der Waals surface area contributed by atoms with E-state index in [1.807, 2.05) is 0 Å². The molecule has 0 aliphatic carbocycles. The number of nitrogen functional groups attached to an aromatic ring is 1. The van der Waals surface area contributed by atoms with Crippen LogP contribution in [0.5, 0.6) is 5.88 Å². The van der Waals surface area contributed by atoms with Gasteiger partial charge in [-0.1, -0.05) is 13.8 Å². The van der Waals surface area contributed by atoms with Crippen LogP contribution in [0.25, 0.3) is 11.2 Å². The lowest BCUT2D eigenvalue weighted by atomic mass is 10.1. The number of esters is 1. The molecule has 1 unspecified atom stereocenters. The third-order valence-corrected chi connectivity index (χ3v) is 7.43. The van der Waals surface area contributed by atoms with Crippen molar-refractivity contribution >= 4 is 43.2 Å². The summed E-state index contributed by atoms with van der Waals surface area (Å²) in [6.07, 6.45) is -6.92. The van der Waals surface area contributed by atoms with Crippen LogP contribution in [0.15, 0.2) is 6.33 Å². The molecule has 0 radical (unpaired) electrons. The Balaban J connectivity index is 2.43. The minimum Gasteiger partial charge on any atom is -0.476 e. The zero-order valence-electron chi connectivity index (χ0n) is 29.4. The average Bonchev–Trinajstić information content (AvgIpc) is 3.44. The van der Waals surface area contributed by atoms with E-state index >= 15 is 8.78 Å². The highest BCUT2D eigenvalue weighted by atomic mass is 31.2. The fraction of sp³-hybridized carbons (Fsp3) is 0.714. The molecule has 2 heterocycles. The van der Waals surface area contributed by atoms with Crippen LogP contribution >= 0.6 is 7.82 Å². The summed E-state index contributed by atoms with van der Waals surface area (Å²) in [5, 5.41) is 0. The number of carbonyl (C=O) groups is 3. The van der Waals surface area contributed by atoms with Crippen molar-refractivity contribution in [3.63, 3.8) is 0 Å². The maximum Gasteiger partial charge on any atom is 0.510 e. The number of hydrogen-bond donors (Lipinski definition) is 2. The molecule has 0 spiro atoms. The second kappa shape index (κ2) is 19.6. The van der Waals surface area contributed by atoms with Gasteiger partial charge in [0.1, 0.15) is 19.3 Å². The molecule has 2 aromatic rings. The van der Waals surface area contributed by atoms with Crippen molar-refractivity contribution in [2.75, 3.05) is 39.1 Å². The minimum absolute atomic E-state index is 0.0390. The first-order chi connectivity index (χ1) is 23.8. The molecule has 0 bridgehead atoms. The number of ether oxygens (including phenoxy) is 7. The summed E-state index contributed by atoms with van der Waals surface area (Å²) in [6.45, 7) is 7.35. The molecule has 0 fully saturated rings. The maximum atomic E-state index is 16.5. The lowest BCUT2D eigenvalue weighted by Gasteiger charge is -2.32. The van der Waals surface area contributed by atoms with Gasteiger partial charge in [-0.25, -0.2) is 37.0 Å². The van der Waals surface area contributed by atoms with E-state index in [2.05, 4.69) is 24.4 Å². The molecular formula is C28H45F2N6O14P. The van der Waals surface area contributed by atoms with Crippen LogP contribution in [0.1, 0.15) is 61.6 Å². The number of anilines is 1. The Morgan fingerprint density at radius 3 is 2.00 bits per heavy atom. The lowest BCUT2D eigenvalue weighted by molar-refractivity contribution is -0.254. The Labute approximate surface area is 292 Å². The Bertz CT molecular complexity index is 1470. The number of nitrogens with two attached hydrogens (primary N) is 2. The molecule has 0 saturated carbocycles. The third kappa shape index (κ3) is 13.6. The van der Waals surface area contributed by atoms with Crippen LogP contribution in [0.3, 0.4) is 0 Å². The topological polar surface area (TPSA) is 256 Å². The highest BCUT2D eigenvalue weighted by Crippen LogP contribution is 2.51. The number of phosphoric acid groups is 1. The number of hydrogen-bond acceptors (Lipinski definition) is 19. The van der Waals surface area contributed by atoms with E-state index < -0.39 is 89.4 Å². The van der Waals surface area contributed by atoms with E-state index in [4.69, 9.17) is 48.7 Å². The Morgan fingerprint density at radius 1 is 0.941 bits per heavy atom. The van der Waals surface area contributed by atoms with Crippen LogP contribution in [-0.2, 0) is 51.4 Å². The van der Waals surface area contributed by atoms with Crippen LogP contribution in [0, 0.1) is 5.92 Å².